The summed E-state index contributed by atoms with van der Waals surface area (Å²) in [6.07, 6.45) is 1.96. The number of aromatic nitrogens is 4. The van der Waals surface area contributed by atoms with E-state index in [1.807, 2.05) is 24.3 Å². The van der Waals surface area contributed by atoms with Crippen LogP contribution in [0, 0.1) is 0 Å². The molecular weight excluding hydrogens is 334 g/mol. The molecule has 0 saturated heterocycles. The molecule has 8 nitrogen and oxygen atoms in total. The van der Waals surface area contributed by atoms with Crippen molar-refractivity contribution in [3.8, 4) is 28.8 Å². The third-order valence-corrected chi connectivity index (χ3v) is 3.69. The van der Waals surface area contributed by atoms with E-state index in [0.717, 1.165) is 11.3 Å². The summed E-state index contributed by atoms with van der Waals surface area (Å²) >= 11 is 0. The quantitative estimate of drug-likeness (QED) is 0.585. The molecule has 0 spiro atoms. The van der Waals surface area contributed by atoms with Crippen LogP contribution in [0.15, 0.2) is 57.7 Å². The Kier molecular flexibility index (Phi) is 4.06. The van der Waals surface area contributed by atoms with Crippen molar-refractivity contribution in [2.75, 3.05) is 12.8 Å². The van der Waals surface area contributed by atoms with Crippen LogP contribution in [0.25, 0.3) is 23.0 Å². The maximum Gasteiger partial charge on any atom is 0.276 e. The number of nitrogens with two attached hydrogens (primary N) is 1. The summed E-state index contributed by atoms with van der Waals surface area (Å²) in [4.78, 5) is 12.9. The summed E-state index contributed by atoms with van der Waals surface area (Å²) < 4.78 is 15.9. The van der Waals surface area contributed by atoms with Gasteiger partial charge in [-0.1, -0.05) is 11.2 Å². The first-order valence-corrected chi connectivity index (χ1v) is 7.85. The lowest BCUT2D eigenvalue weighted by molar-refractivity contribution is 0.415. The van der Waals surface area contributed by atoms with E-state index in [4.69, 9.17) is 19.4 Å². The number of methoxy groups -OCH3 is 1. The van der Waals surface area contributed by atoms with E-state index in [1.165, 1.54) is 0 Å². The van der Waals surface area contributed by atoms with Crippen molar-refractivity contribution in [3.63, 3.8) is 0 Å². The van der Waals surface area contributed by atoms with E-state index in [2.05, 4.69) is 20.1 Å². The Bertz CT molecular complexity index is 1020. The maximum absolute atomic E-state index is 5.67. The molecule has 130 valence electrons. The zero-order valence-corrected chi connectivity index (χ0v) is 13.9. The van der Waals surface area contributed by atoms with Crippen molar-refractivity contribution in [1.82, 2.24) is 20.1 Å². The molecule has 0 atom stereocenters. The van der Waals surface area contributed by atoms with Crippen LogP contribution in [-0.4, -0.2) is 27.2 Å². The van der Waals surface area contributed by atoms with Gasteiger partial charge in [0.05, 0.1) is 19.2 Å². The van der Waals surface area contributed by atoms with Crippen LogP contribution < -0.4 is 10.5 Å². The first-order valence-electron chi connectivity index (χ1n) is 7.85. The highest BCUT2D eigenvalue weighted by molar-refractivity contribution is 5.55. The molecule has 1 aromatic carbocycles. The second-order valence-electron chi connectivity index (χ2n) is 5.51. The molecule has 0 radical (unpaired) electrons. The molecular formula is C18H15N5O3. The van der Waals surface area contributed by atoms with Crippen molar-refractivity contribution in [1.29, 1.82) is 0 Å². The first kappa shape index (κ1) is 15.8. The van der Waals surface area contributed by atoms with Gasteiger partial charge in [-0.2, -0.15) is 4.98 Å². The van der Waals surface area contributed by atoms with Gasteiger partial charge < -0.3 is 19.4 Å². The Labute approximate surface area is 148 Å². The van der Waals surface area contributed by atoms with Crippen molar-refractivity contribution in [2.24, 2.45) is 0 Å². The van der Waals surface area contributed by atoms with Crippen LogP contribution in [0.4, 0.5) is 5.82 Å². The molecule has 0 aliphatic rings. The van der Waals surface area contributed by atoms with Crippen LogP contribution in [0.5, 0.6) is 5.75 Å². The summed E-state index contributed by atoms with van der Waals surface area (Å²) in [6, 6.07) is 12.7. The normalized spacial score (nSPS) is 10.8. The summed E-state index contributed by atoms with van der Waals surface area (Å²) in [5.74, 6) is 2.48. The molecule has 3 aromatic heterocycles. The van der Waals surface area contributed by atoms with Crippen molar-refractivity contribution in [2.45, 2.75) is 6.42 Å². The Morgan fingerprint density at radius 1 is 1.00 bits per heavy atom. The predicted octanol–water partition coefficient (Wildman–Crippen LogP) is 2.97. The highest BCUT2D eigenvalue weighted by atomic mass is 16.5. The zero-order valence-electron chi connectivity index (χ0n) is 13.9. The van der Waals surface area contributed by atoms with E-state index in [9.17, 15) is 0 Å². The number of oxazole rings is 1. The lowest BCUT2D eigenvalue weighted by atomic mass is 10.2. The molecule has 0 bridgehead atoms. The van der Waals surface area contributed by atoms with Crippen LogP contribution in [0.2, 0.25) is 0 Å². The number of ether oxygens (including phenoxy) is 1. The minimum Gasteiger partial charge on any atom is -0.497 e. The molecule has 0 amide bonds. The number of anilines is 1. The number of rotatable bonds is 5. The highest BCUT2D eigenvalue weighted by Crippen LogP contribution is 2.23. The number of hydrogen-bond acceptors (Lipinski definition) is 8. The van der Waals surface area contributed by atoms with Gasteiger partial charge in [-0.05, 0) is 36.4 Å². The van der Waals surface area contributed by atoms with Gasteiger partial charge in [-0.15, -0.1) is 0 Å². The van der Waals surface area contributed by atoms with E-state index in [0.29, 0.717) is 41.2 Å². The van der Waals surface area contributed by atoms with Gasteiger partial charge in [-0.25, -0.2) is 9.97 Å². The van der Waals surface area contributed by atoms with Gasteiger partial charge in [0.2, 0.25) is 5.89 Å². The molecule has 26 heavy (non-hydrogen) atoms. The van der Waals surface area contributed by atoms with E-state index < -0.39 is 0 Å². The fraction of sp³-hybridized carbons (Fsp3) is 0.111. The summed E-state index contributed by atoms with van der Waals surface area (Å²) in [5, 5.41) is 3.96. The SMILES string of the molecule is COc1ccc(-c2nc(Cc3noc(-c4cccc(N)n4)n3)co2)cc1. The lowest BCUT2D eigenvalue weighted by Gasteiger charge is -1.99. The van der Waals surface area contributed by atoms with Gasteiger partial charge in [0.25, 0.3) is 5.89 Å². The molecule has 4 aromatic rings. The molecule has 2 N–H and O–H groups in total. The van der Waals surface area contributed by atoms with Crippen LogP contribution in [0.1, 0.15) is 11.5 Å². The highest BCUT2D eigenvalue weighted by Gasteiger charge is 2.13. The van der Waals surface area contributed by atoms with Crippen molar-refractivity contribution in [3.05, 3.63) is 60.2 Å². The predicted molar refractivity (Wildman–Crippen MR) is 93.2 cm³/mol. The molecule has 3 heterocycles. The Hall–Kier alpha value is -3.68. The fourth-order valence-corrected chi connectivity index (χ4v) is 2.42. The van der Waals surface area contributed by atoms with E-state index in [1.54, 1.807) is 31.6 Å². The maximum atomic E-state index is 5.67. The van der Waals surface area contributed by atoms with Gasteiger partial charge in [-0.3, -0.25) is 0 Å². The third kappa shape index (κ3) is 3.25. The van der Waals surface area contributed by atoms with E-state index in [-0.39, 0.29) is 0 Å². The van der Waals surface area contributed by atoms with Gasteiger partial charge >= 0.3 is 0 Å². The zero-order chi connectivity index (χ0) is 17.9. The average molecular weight is 349 g/mol. The largest absolute Gasteiger partial charge is 0.497 e. The second kappa shape index (κ2) is 6.67. The number of benzene rings is 1. The minimum absolute atomic E-state index is 0.311. The Morgan fingerprint density at radius 2 is 1.85 bits per heavy atom. The first-order chi connectivity index (χ1) is 12.7. The monoisotopic (exact) mass is 349 g/mol. The topological polar surface area (TPSA) is 113 Å². The summed E-state index contributed by atoms with van der Waals surface area (Å²) in [5.41, 5.74) is 7.76. The number of nitrogens with zero attached hydrogens (tertiary/aromatic N) is 4. The minimum atomic E-state index is 0.311. The molecule has 0 saturated carbocycles. The van der Waals surface area contributed by atoms with Gasteiger partial charge in [0.1, 0.15) is 23.5 Å². The van der Waals surface area contributed by atoms with Crippen LogP contribution in [-0.2, 0) is 6.42 Å². The number of pyridine rings is 1. The fourth-order valence-electron chi connectivity index (χ4n) is 2.42. The van der Waals surface area contributed by atoms with Crippen molar-refractivity contribution >= 4 is 5.82 Å². The summed E-state index contributed by atoms with van der Waals surface area (Å²) in [6.45, 7) is 0. The average Bonchev–Trinajstić information content (AvgIpc) is 3.32. The van der Waals surface area contributed by atoms with Gasteiger partial charge in [0.15, 0.2) is 5.82 Å². The summed E-state index contributed by atoms with van der Waals surface area (Å²) in [7, 11) is 1.62. The molecule has 0 fully saturated rings. The van der Waals surface area contributed by atoms with Crippen LogP contribution in [0.3, 0.4) is 0 Å². The standard InChI is InChI=1S/C18H15N5O3/c1-24-13-7-5-11(6-8-13)17-20-12(10-25-17)9-16-22-18(26-23-16)14-3-2-4-15(19)21-14/h2-8,10H,9H2,1H3,(H2,19,21). The third-order valence-electron chi connectivity index (χ3n) is 3.69. The molecule has 8 heteroatoms. The smallest absolute Gasteiger partial charge is 0.276 e. The molecule has 0 aliphatic carbocycles. The van der Waals surface area contributed by atoms with Crippen LogP contribution >= 0.6 is 0 Å². The molecule has 0 aliphatic heterocycles. The van der Waals surface area contributed by atoms with Crippen molar-refractivity contribution < 1.29 is 13.7 Å². The number of nitrogen functional groups attached to an aromatic ring is 1. The molecule has 0 unspecified atom stereocenters. The second-order valence-corrected chi connectivity index (χ2v) is 5.51. The number of hydrogen-bond donors (Lipinski definition) is 1. The van der Waals surface area contributed by atoms with Gasteiger partial charge in [0, 0.05) is 5.56 Å². The lowest BCUT2D eigenvalue weighted by Crippen LogP contribution is -1.93. The Balaban J connectivity index is 1.51. The Morgan fingerprint density at radius 3 is 2.62 bits per heavy atom. The molecule has 4 rings (SSSR count). The van der Waals surface area contributed by atoms with E-state index >= 15 is 0 Å².